The summed E-state index contributed by atoms with van der Waals surface area (Å²) >= 11 is 0. The molecule has 0 aromatic heterocycles. The van der Waals surface area contributed by atoms with Gasteiger partial charge in [0.1, 0.15) is 0 Å². The molecule has 0 bridgehead atoms. The van der Waals surface area contributed by atoms with Crippen molar-refractivity contribution in [2.45, 2.75) is 25.3 Å². The van der Waals surface area contributed by atoms with E-state index in [9.17, 15) is 9.18 Å². The predicted molar refractivity (Wildman–Crippen MR) is 70.2 cm³/mol. The van der Waals surface area contributed by atoms with Crippen molar-refractivity contribution in [3.05, 3.63) is 30.1 Å². The molecule has 1 aliphatic rings. The molecule has 0 aliphatic heterocycles. The second-order valence-corrected chi connectivity index (χ2v) is 5.16. The van der Waals surface area contributed by atoms with E-state index in [1.807, 2.05) is 6.92 Å². The zero-order valence-corrected chi connectivity index (χ0v) is 11.0. The van der Waals surface area contributed by atoms with Gasteiger partial charge in [-0.05, 0) is 37.8 Å². The number of rotatable bonds is 6. The van der Waals surface area contributed by atoms with Gasteiger partial charge in [0.25, 0.3) is 5.91 Å². The van der Waals surface area contributed by atoms with Gasteiger partial charge in [-0.15, -0.1) is 0 Å². The Morgan fingerprint density at radius 2 is 2.21 bits per heavy atom. The Hall–Kier alpha value is -1.62. The quantitative estimate of drug-likeness (QED) is 0.819. The molecule has 0 radical (unpaired) electrons. The molecule has 104 valence electrons. The Bertz CT molecular complexity index is 463. The Balaban J connectivity index is 1.86. The number of carbonyl (C=O) groups is 1. The largest absolute Gasteiger partial charge is 0.481 e. The lowest BCUT2D eigenvalue weighted by Crippen LogP contribution is -2.54. The van der Waals surface area contributed by atoms with Gasteiger partial charge in [0.05, 0.1) is 5.54 Å². The van der Waals surface area contributed by atoms with Crippen LogP contribution in [0.5, 0.6) is 5.75 Å². The van der Waals surface area contributed by atoms with Crippen LogP contribution in [0.15, 0.2) is 24.3 Å². The van der Waals surface area contributed by atoms with Gasteiger partial charge in [-0.3, -0.25) is 4.79 Å². The van der Waals surface area contributed by atoms with Crippen molar-refractivity contribution in [1.29, 1.82) is 0 Å². The molecule has 1 atom stereocenters. The zero-order chi connectivity index (χ0) is 13.9. The summed E-state index contributed by atoms with van der Waals surface area (Å²) in [6.45, 7) is 2.12. The molecule has 1 aromatic rings. The summed E-state index contributed by atoms with van der Waals surface area (Å²) in [5, 5.41) is 2.88. The summed E-state index contributed by atoms with van der Waals surface area (Å²) in [4.78, 5) is 11.8. The van der Waals surface area contributed by atoms with E-state index in [0.717, 1.165) is 12.8 Å². The number of nitrogens with one attached hydrogen (secondary N) is 1. The summed E-state index contributed by atoms with van der Waals surface area (Å²) in [7, 11) is 0. The van der Waals surface area contributed by atoms with E-state index in [-0.39, 0.29) is 23.8 Å². The number of nitrogens with two attached hydrogens (primary N) is 1. The number of halogens is 1. The fourth-order valence-corrected chi connectivity index (χ4v) is 2.10. The Kier molecular flexibility index (Phi) is 4.04. The van der Waals surface area contributed by atoms with Gasteiger partial charge >= 0.3 is 0 Å². The first kappa shape index (κ1) is 13.8. The molecule has 5 heteroatoms. The van der Waals surface area contributed by atoms with Gasteiger partial charge in [0, 0.05) is 6.54 Å². The maximum absolute atomic E-state index is 13.3. The topological polar surface area (TPSA) is 64.3 Å². The summed E-state index contributed by atoms with van der Waals surface area (Å²) in [6.07, 6.45) is 2.17. The molecule has 2 rings (SSSR count). The van der Waals surface area contributed by atoms with Gasteiger partial charge in [-0.2, -0.15) is 0 Å². The number of carbonyl (C=O) groups excluding carboxylic acids is 1. The molecule has 4 nitrogen and oxygen atoms in total. The molecular formula is C14H19FN2O2. The second kappa shape index (κ2) is 5.57. The molecule has 3 N–H and O–H groups in total. The van der Waals surface area contributed by atoms with Crippen LogP contribution >= 0.6 is 0 Å². The van der Waals surface area contributed by atoms with Gasteiger partial charge in [-0.25, -0.2) is 4.39 Å². The third kappa shape index (κ3) is 3.44. The third-order valence-corrected chi connectivity index (χ3v) is 3.52. The van der Waals surface area contributed by atoms with Crippen LogP contribution in [0.1, 0.15) is 19.8 Å². The molecule has 0 heterocycles. The van der Waals surface area contributed by atoms with E-state index < -0.39 is 5.82 Å². The first-order valence-corrected chi connectivity index (χ1v) is 6.43. The number of ether oxygens (including phenoxy) is 1. The average Bonchev–Trinajstić information content (AvgIpc) is 3.22. The standard InChI is InChI=1S/C14H19FN2O2/c1-14(9-16,10-6-7-10)17-13(18)8-19-12-5-3-2-4-11(12)15/h2-5,10H,6-9,16H2,1H3,(H,17,18). The second-order valence-electron chi connectivity index (χ2n) is 5.16. The van der Waals surface area contributed by atoms with Crippen LogP contribution in [0.3, 0.4) is 0 Å². The minimum Gasteiger partial charge on any atom is -0.481 e. The lowest BCUT2D eigenvalue weighted by molar-refractivity contribution is -0.125. The molecular weight excluding hydrogens is 247 g/mol. The van der Waals surface area contributed by atoms with Crippen molar-refractivity contribution < 1.29 is 13.9 Å². The number of hydrogen-bond donors (Lipinski definition) is 2. The van der Waals surface area contributed by atoms with Crippen molar-refractivity contribution in [2.24, 2.45) is 11.7 Å². The van der Waals surface area contributed by atoms with E-state index in [4.69, 9.17) is 10.5 Å². The Morgan fingerprint density at radius 1 is 1.53 bits per heavy atom. The third-order valence-electron chi connectivity index (χ3n) is 3.52. The molecule has 1 aromatic carbocycles. The lowest BCUT2D eigenvalue weighted by atomic mass is 9.96. The number of benzene rings is 1. The number of hydrogen-bond acceptors (Lipinski definition) is 3. The highest BCUT2D eigenvalue weighted by atomic mass is 19.1. The molecule has 1 unspecified atom stereocenters. The minimum atomic E-state index is -0.473. The normalized spacial score (nSPS) is 17.6. The van der Waals surface area contributed by atoms with Crippen LogP contribution < -0.4 is 15.8 Å². The van der Waals surface area contributed by atoms with Crippen molar-refractivity contribution in [3.63, 3.8) is 0 Å². The maximum Gasteiger partial charge on any atom is 0.258 e. The molecule has 19 heavy (non-hydrogen) atoms. The first-order chi connectivity index (χ1) is 9.05. The highest BCUT2D eigenvalue weighted by molar-refractivity contribution is 5.78. The number of para-hydroxylation sites is 1. The highest BCUT2D eigenvalue weighted by Crippen LogP contribution is 2.38. The van der Waals surface area contributed by atoms with Crippen molar-refractivity contribution >= 4 is 5.91 Å². The van der Waals surface area contributed by atoms with Crippen LogP contribution in [0.2, 0.25) is 0 Å². The van der Waals surface area contributed by atoms with E-state index in [2.05, 4.69) is 5.32 Å². The van der Waals surface area contributed by atoms with Crippen LogP contribution in [0.25, 0.3) is 0 Å². The molecule has 0 spiro atoms. The maximum atomic E-state index is 13.3. The van der Waals surface area contributed by atoms with Crippen LogP contribution in [-0.4, -0.2) is 24.6 Å². The minimum absolute atomic E-state index is 0.0820. The van der Waals surface area contributed by atoms with Crippen molar-refractivity contribution in [3.8, 4) is 5.75 Å². The summed E-state index contributed by atoms with van der Waals surface area (Å²) < 4.78 is 18.5. The average molecular weight is 266 g/mol. The predicted octanol–water partition coefficient (Wildman–Crippen LogP) is 1.45. The SMILES string of the molecule is CC(CN)(NC(=O)COc1ccccc1F)C1CC1. The van der Waals surface area contributed by atoms with E-state index >= 15 is 0 Å². The van der Waals surface area contributed by atoms with Gasteiger partial charge in [-0.1, -0.05) is 12.1 Å². The Morgan fingerprint density at radius 3 is 2.79 bits per heavy atom. The van der Waals surface area contributed by atoms with E-state index in [1.54, 1.807) is 12.1 Å². The van der Waals surface area contributed by atoms with Gasteiger partial charge < -0.3 is 15.8 Å². The molecule has 0 saturated heterocycles. The Labute approximate surface area is 112 Å². The fourth-order valence-electron chi connectivity index (χ4n) is 2.10. The van der Waals surface area contributed by atoms with Gasteiger partial charge in [0.2, 0.25) is 0 Å². The first-order valence-electron chi connectivity index (χ1n) is 6.43. The summed E-state index contributed by atoms with van der Waals surface area (Å²) in [6, 6.07) is 6.01. The molecule has 1 aliphatic carbocycles. The summed E-state index contributed by atoms with van der Waals surface area (Å²) in [5.41, 5.74) is 5.33. The van der Waals surface area contributed by atoms with E-state index in [1.165, 1.54) is 12.1 Å². The summed E-state index contributed by atoms with van der Waals surface area (Å²) in [5.74, 6) is -0.226. The van der Waals surface area contributed by atoms with Crippen molar-refractivity contribution in [2.75, 3.05) is 13.2 Å². The van der Waals surface area contributed by atoms with Crippen LogP contribution in [0, 0.1) is 11.7 Å². The van der Waals surface area contributed by atoms with E-state index in [0.29, 0.717) is 12.5 Å². The molecule has 1 fully saturated rings. The fraction of sp³-hybridized carbons (Fsp3) is 0.500. The zero-order valence-electron chi connectivity index (χ0n) is 11.0. The smallest absolute Gasteiger partial charge is 0.258 e. The van der Waals surface area contributed by atoms with Crippen LogP contribution in [0.4, 0.5) is 4.39 Å². The van der Waals surface area contributed by atoms with Gasteiger partial charge in [0.15, 0.2) is 18.2 Å². The number of amides is 1. The molecule has 1 amide bonds. The van der Waals surface area contributed by atoms with Crippen molar-refractivity contribution in [1.82, 2.24) is 5.32 Å². The monoisotopic (exact) mass is 266 g/mol. The van der Waals surface area contributed by atoms with Crippen LogP contribution in [-0.2, 0) is 4.79 Å². The highest BCUT2D eigenvalue weighted by Gasteiger charge is 2.41. The molecule has 1 saturated carbocycles. The lowest BCUT2D eigenvalue weighted by Gasteiger charge is -2.29.